The van der Waals surface area contributed by atoms with E-state index in [9.17, 15) is 4.39 Å². The van der Waals surface area contributed by atoms with Crippen LogP contribution in [0.15, 0.2) is 18.2 Å². The first-order valence-corrected chi connectivity index (χ1v) is 8.55. The Morgan fingerprint density at radius 2 is 2.14 bits per heavy atom. The van der Waals surface area contributed by atoms with E-state index in [1.165, 1.54) is 38.1 Å². The molecule has 1 aromatic carbocycles. The molecule has 3 nitrogen and oxygen atoms in total. The molecule has 22 heavy (non-hydrogen) atoms. The van der Waals surface area contributed by atoms with Crippen molar-refractivity contribution < 1.29 is 4.39 Å². The van der Waals surface area contributed by atoms with Crippen LogP contribution in [0.5, 0.6) is 0 Å². The molecule has 1 aromatic rings. The SMILES string of the molecule is CC1CCN(CCCNC(=S)Nc2ccc(F)c(Cl)c2)CC1. The first kappa shape index (κ1) is 17.4. The number of piperidine rings is 1. The van der Waals surface area contributed by atoms with Gasteiger partial charge in [-0.1, -0.05) is 18.5 Å². The number of nitrogens with one attached hydrogen (secondary N) is 2. The van der Waals surface area contributed by atoms with Crippen molar-refractivity contribution >= 4 is 34.6 Å². The summed E-state index contributed by atoms with van der Waals surface area (Å²) in [5.41, 5.74) is 0.689. The van der Waals surface area contributed by atoms with E-state index in [1.807, 2.05) is 0 Å². The van der Waals surface area contributed by atoms with Crippen LogP contribution in [0.4, 0.5) is 10.1 Å². The van der Waals surface area contributed by atoms with Crippen molar-refractivity contribution in [2.24, 2.45) is 5.92 Å². The summed E-state index contributed by atoms with van der Waals surface area (Å²) in [6, 6.07) is 4.47. The number of likely N-dealkylation sites (tertiary alicyclic amines) is 1. The average Bonchev–Trinajstić information content (AvgIpc) is 2.49. The molecule has 0 aliphatic carbocycles. The van der Waals surface area contributed by atoms with Crippen LogP contribution in [0.3, 0.4) is 0 Å². The fourth-order valence-corrected chi connectivity index (χ4v) is 2.94. The highest BCUT2D eigenvalue weighted by Gasteiger charge is 2.14. The maximum atomic E-state index is 13.1. The number of nitrogens with zero attached hydrogens (tertiary/aromatic N) is 1. The zero-order chi connectivity index (χ0) is 15.9. The summed E-state index contributed by atoms with van der Waals surface area (Å²) in [6.45, 7) is 6.66. The van der Waals surface area contributed by atoms with Gasteiger partial charge in [-0.2, -0.15) is 0 Å². The minimum absolute atomic E-state index is 0.0899. The second-order valence-electron chi connectivity index (χ2n) is 5.89. The van der Waals surface area contributed by atoms with E-state index < -0.39 is 5.82 Å². The van der Waals surface area contributed by atoms with Gasteiger partial charge < -0.3 is 15.5 Å². The van der Waals surface area contributed by atoms with Gasteiger partial charge in [-0.3, -0.25) is 0 Å². The monoisotopic (exact) mass is 343 g/mol. The summed E-state index contributed by atoms with van der Waals surface area (Å²) in [7, 11) is 0. The molecule has 1 fully saturated rings. The highest BCUT2D eigenvalue weighted by molar-refractivity contribution is 7.80. The van der Waals surface area contributed by atoms with Crippen LogP contribution in [0.25, 0.3) is 0 Å². The second-order valence-corrected chi connectivity index (χ2v) is 6.70. The van der Waals surface area contributed by atoms with Crippen LogP contribution in [-0.2, 0) is 0 Å². The Hall–Kier alpha value is -0.910. The molecule has 1 saturated heterocycles. The molecule has 0 atom stereocenters. The molecule has 1 aliphatic rings. The fourth-order valence-electron chi connectivity index (χ4n) is 2.54. The molecule has 0 bridgehead atoms. The van der Waals surface area contributed by atoms with Gasteiger partial charge in [0.25, 0.3) is 0 Å². The molecule has 1 heterocycles. The third kappa shape index (κ3) is 5.71. The molecule has 0 unspecified atom stereocenters. The van der Waals surface area contributed by atoms with E-state index in [2.05, 4.69) is 22.5 Å². The Bertz CT molecular complexity index is 504. The highest BCUT2D eigenvalue weighted by Crippen LogP contribution is 2.19. The maximum absolute atomic E-state index is 13.1. The van der Waals surface area contributed by atoms with E-state index >= 15 is 0 Å². The molecular formula is C16H23ClFN3S. The second kappa shape index (κ2) is 8.65. The Balaban J connectivity index is 1.62. The molecule has 0 aromatic heterocycles. The van der Waals surface area contributed by atoms with Crippen LogP contribution in [0.2, 0.25) is 5.02 Å². The maximum Gasteiger partial charge on any atom is 0.170 e. The number of hydrogen-bond donors (Lipinski definition) is 2. The lowest BCUT2D eigenvalue weighted by atomic mass is 9.99. The molecule has 1 aliphatic heterocycles. The predicted octanol–water partition coefficient (Wildman–Crippen LogP) is 3.89. The number of halogens is 2. The molecule has 0 saturated carbocycles. The molecule has 0 radical (unpaired) electrons. The lowest BCUT2D eigenvalue weighted by Gasteiger charge is -2.30. The van der Waals surface area contributed by atoms with E-state index in [4.69, 9.17) is 23.8 Å². The van der Waals surface area contributed by atoms with Crippen LogP contribution in [0.1, 0.15) is 26.2 Å². The van der Waals surface area contributed by atoms with Gasteiger partial charge in [0, 0.05) is 12.2 Å². The zero-order valence-corrected chi connectivity index (χ0v) is 14.4. The third-order valence-electron chi connectivity index (χ3n) is 3.99. The van der Waals surface area contributed by atoms with Crippen LogP contribution < -0.4 is 10.6 Å². The van der Waals surface area contributed by atoms with Gasteiger partial charge in [-0.25, -0.2) is 4.39 Å². The lowest BCUT2D eigenvalue weighted by Crippen LogP contribution is -2.36. The fraction of sp³-hybridized carbons (Fsp3) is 0.562. The van der Waals surface area contributed by atoms with Gasteiger partial charge in [-0.15, -0.1) is 0 Å². The van der Waals surface area contributed by atoms with Gasteiger partial charge in [0.05, 0.1) is 5.02 Å². The number of rotatable bonds is 5. The number of hydrogen-bond acceptors (Lipinski definition) is 2. The van der Waals surface area contributed by atoms with Gasteiger partial charge in [0.1, 0.15) is 5.82 Å². The van der Waals surface area contributed by atoms with E-state index in [-0.39, 0.29) is 5.02 Å². The summed E-state index contributed by atoms with van der Waals surface area (Å²) in [4.78, 5) is 2.51. The first-order valence-electron chi connectivity index (χ1n) is 7.77. The number of thiocarbonyl (C=S) groups is 1. The van der Waals surface area contributed by atoms with Crippen molar-refractivity contribution in [2.45, 2.75) is 26.2 Å². The van der Waals surface area contributed by atoms with Gasteiger partial charge in [-0.05, 0) is 75.2 Å². The summed E-state index contributed by atoms with van der Waals surface area (Å²) >= 11 is 11.0. The molecule has 2 N–H and O–H groups in total. The minimum Gasteiger partial charge on any atom is -0.362 e. The third-order valence-corrected chi connectivity index (χ3v) is 4.53. The molecule has 122 valence electrons. The van der Waals surface area contributed by atoms with E-state index in [0.717, 1.165) is 25.4 Å². The Morgan fingerprint density at radius 1 is 1.41 bits per heavy atom. The number of anilines is 1. The molecule has 0 spiro atoms. The van der Waals surface area contributed by atoms with Crippen molar-refractivity contribution in [3.63, 3.8) is 0 Å². The zero-order valence-electron chi connectivity index (χ0n) is 12.9. The van der Waals surface area contributed by atoms with Crippen LogP contribution in [0, 0.1) is 11.7 Å². The van der Waals surface area contributed by atoms with Gasteiger partial charge >= 0.3 is 0 Å². The number of benzene rings is 1. The summed E-state index contributed by atoms with van der Waals surface area (Å²) in [5, 5.41) is 6.81. The summed E-state index contributed by atoms with van der Waals surface area (Å²) in [6.07, 6.45) is 3.66. The average molecular weight is 344 g/mol. The predicted molar refractivity (Wildman–Crippen MR) is 95.1 cm³/mol. The highest BCUT2D eigenvalue weighted by atomic mass is 35.5. The Morgan fingerprint density at radius 3 is 2.82 bits per heavy atom. The Labute approximate surface area is 142 Å². The van der Waals surface area contributed by atoms with Crippen LogP contribution >= 0.6 is 23.8 Å². The van der Waals surface area contributed by atoms with Crippen molar-refractivity contribution in [1.82, 2.24) is 10.2 Å². The topological polar surface area (TPSA) is 27.3 Å². The van der Waals surface area contributed by atoms with E-state index in [0.29, 0.717) is 10.8 Å². The molecule has 0 amide bonds. The largest absolute Gasteiger partial charge is 0.362 e. The molecule has 2 rings (SSSR count). The summed E-state index contributed by atoms with van der Waals surface area (Å²) < 4.78 is 13.1. The van der Waals surface area contributed by atoms with Crippen molar-refractivity contribution in [3.8, 4) is 0 Å². The van der Waals surface area contributed by atoms with Crippen LogP contribution in [-0.4, -0.2) is 36.2 Å². The first-order chi connectivity index (χ1) is 10.5. The van der Waals surface area contributed by atoms with E-state index in [1.54, 1.807) is 6.07 Å². The van der Waals surface area contributed by atoms with Gasteiger partial charge in [0.15, 0.2) is 5.11 Å². The minimum atomic E-state index is -0.429. The van der Waals surface area contributed by atoms with Crippen molar-refractivity contribution in [2.75, 3.05) is 31.5 Å². The van der Waals surface area contributed by atoms with Crippen molar-refractivity contribution in [1.29, 1.82) is 0 Å². The smallest absolute Gasteiger partial charge is 0.170 e. The summed E-state index contributed by atoms with van der Waals surface area (Å²) in [5.74, 6) is 0.440. The Kier molecular flexibility index (Phi) is 6.86. The quantitative estimate of drug-likeness (QED) is 0.626. The molecular weight excluding hydrogens is 321 g/mol. The lowest BCUT2D eigenvalue weighted by molar-refractivity contribution is 0.191. The normalized spacial score (nSPS) is 16.5. The van der Waals surface area contributed by atoms with Gasteiger partial charge in [0.2, 0.25) is 0 Å². The standard InChI is InChI=1S/C16H23ClFN3S/c1-12-5-9-21(10-6-12)8-2-7-19-16(22)20-13-3-4-15(18)14(17)11-13/h3-4,11-12H,2,5-10H2,1H3,(H2,19,20,22). The molecule has 6 heteroatoms. The van der Waals surface area contributed by atoms with Crippen molar-refractivity contribution in [3.05, 3.63) is 29.0 Å².